The van der Waals surface area contributed by atoms with Crippen molar-refractivity contribution in [2.45, 2.75) is 0 Å². The average Bonchev–Trinajstić information content (AvgIpc) is 3.77. The molecule has 0 saturated heterocycles. The minimum Gasteiger partial charge on any atom is -0.455 e. The standard InChI is InChI=1S/C49H29N5O/c1-3-14-31(15-4-1)47-50-48(32-16-5-2-6-17-32)52-49(51-47)36-28-29-41(44-35-20-8-12-25-42(35)55-46(36)44)53-38-22-10-11-23-39(38)54-37-21-9-7-19-33(37)34-27-26-30-18-13-24-40(53)43(30)45(34)54/h1-29H. The van der Waals surface area contributed by atoms with E-state index in [-0.39, 0.29) is 0 Å². The first-order valence-corrected chi connectivity index (χ1v) is 18.5. The first-order chi connectivity index (χ1) is 27.3. The number of rotatable bonds is 4. The normalized spacial score (nSPS) is 12.0. The van der Waals surface area contributed by atoms with Crippen molar-refractivity contribution in [1.29, 1.82) is 0 Å². The van der Waals surface area contributed by atoms with Gasteiger partial charge in [-0.15, -0.1) is 0 Å². The van der Waals surface area contributed by atoms with Crippen LogP contribution in [0.3, 0.4) is 0 Å². The van der Waals surface area contributed by atoms with Gasteiger partial charge in [0, 0.05) is 32.7 Å². The fraction of sp³-hybridized carbons (Fsp3) is 0. The van der Waals surface area contributed by atoms with Gasteiger partial charge in [-0.25, -0.2) is 15.0 Å². The number of hydrogen-bond acceptors (Lipinski definition) is 4. The summed E-state index contributed by atoms with van der Waals surface area (Å²) in [6.07, 6.45) is 0. The summed E-state index contributed by atoms with van der Waals surface area (Å²) in [5, 5.41) is 6.88. The lowest BCUT2D eigenvalue weighted by Gasteiger charge is -2.15. The highest BCUT2D eigenvalue weighted by atomic mass is 16.3. The molecule has 8 aromatic carbocycles. The molecular weight excluding hydrogens is 675 g/mol. The van der Waals surface area contributed by atoms with E-state index in [1.54, 1.807) is 0 Å². The third-order valence-corrected chi connectivity index (χ3v) is 10.9. The molecule has 0 N–H and O–H groups in total. The number of furan rings is 1. The molecule has 0 radical (unpaired) electrons. The third kappa shape index (κ3) is 4.33. The van der Waals surface area contributed by atoms with Crippen molar-refractivity contribution in [3.63, 3.8) is 0 Å². The van der Waals surface area contributed by atoms with E-state index in [1.165, 1.54) is 32.6 Å². The van der Waals surface area contributed by atoms with Gasteiger partial charge >= 0.3 is 0 Å². The number of nitrogens with zero attached hydrogens (tertiary/aromatic N) is 5. The molecule has 6 heteroatoms. The second-order valence-electron chi connectivity index (χ2n) is 14.0. The lowest BCUT2D eigenvalue weighted by atomic mass is 10.0. The number of benzene rings is 8. The highest BCUT2D eigenvalue weighted by Crippen LogP contribution is 2.44. The van der Waals surface area contributed by atoms with E-state index in [0.717, 1.165) is 60.9 Å². The predicted octanol–water partition coefficient (Wildman–Crippen LogP) is 12.4. The molecule has 12 aromatic rings. The van der Waals surface area contributed by atoms with Gasteiger partial charge in [-0.05, 0) is 47.9 Å². The molecule has 0 unspecified atom stereocenters. The van der Waals surface area contributed by atoms with Crippen LogP contribution >= 0.6 is 0 Å². The van der Waals surface area contributed by atoms with Crippen LogP contribution in [0.25, 0.3) is 111 Å². The van der Waals surface area contributed by atoms with E-state index in [1.807, 2.05) is 72.8 Å². The Labute approximate surface area is 314 Å². The first-order valence-electron chi connectivity index (χ1n) is 18.5. The van der Waals surface area contributed by atoms with Crippen LogP contribution in [0.5, 0.6) is 0 Å². The van der Waals surface area contributed by atoms with Gasteiger partial charge in [0.25, 0.3) is 0 Å². The molecule has 0 atom stereocenters. The van der Waals surface area contributed by atoms with Gasteiger partial charge in [0.2, 0.25) is 0 Å². The molecule has 0 spiro atoms. The highest BCUT2D eigenvalue weighted by Gasteiger charge is 2.24. The van der Waals surface area contributed by atoms with Crippen molar-refractivity contribution < 1.29 is 4.42 Å². The molecule has 0 aliphatic rings. The third-order valence-electron chi connectivity index (χ3n) is 10.9. The quantitative estimate of drug-likeness (QED) is 0.183. The van der Waals surface area contributed by atoms with Gasteiger partial charge in [-0.3, -0.25) is 0 Å². The van der Waals surface area contributed by atoms with Gasteiger partial charge in [-0.2, -0.15) is 0 Å². The van der Waals surface area contributed by atoms with Crippen LogP contribution in [0.4, 0.5) is 0 Å². The summed E-state index contributed by atoms with van der Waals surface area (Å²) in [5.74, 6) is 1.76. The molecule has 0 fully saturated rings. The van der Waals surface area contributed by atoms with E-state index in [4.69, 9.17) is 19.4 Å². The van der Waals surface area contributed by atoms with E-state index in [0.29, 0.717) is 17.5 Å². The van der Waals surface area contributed by atoms with Crippen molar-refractivity contribution in [1.82, 2.24) is 23.9 Å². The van der Waals surface area contributed by atoms with Gasteiger partial charge in [0.15, 0.2) is 17.5 Å². The summed E-state index contributed by atoms with van der Waals surface area (Å²) in [6, 6.07) is 61.4. The summed E-state index contributed by atoms with van der Waals surface area (Å²) in [7, 11) is 0. The predicted molar refractivity (Wildman–Crippen MR) is 224 cm³/mol. The van der Waals surface area contributed by atoms with Crippen molar-refractivity contribution >= 4 is 71.1 Å². The molecule has 0 bridgehead atoms. The SMILES string of the molecule is c1ccc(-c2nc(-c3ccccc3)nc(-c3ccc(-n4c5cccc6ccc7c8ccccc8n(c8ccccc84)c7c65)c4c3oc3ccccc34)n2)cc1. The van der Waals surface area contributed by atoms with E-state index in [2.05, 4.69) is 112 Å². The zero-order valence-corrected chi connectivity index (χ0v) is 29.4. The number of aromatic nitrogens is 5. The van der Waals surface area contributed by atoms with Crippen molar-refractivity contribution in [3.05, 3.63) is 176 Å². The van der Waals surface area contributed by atoms with Gasteiger partial charge < -0.3 is 13.4 Å². The maximum atomic E-state index is 6.88. The number of para-hydroxylation sites is 4. The van der Waals surface area contributed by atoms with Crippen LogP contribution < -0.4 is 0 Å². The summed E-state index contributed by atoms with van der Waals surface area (Å²) < 4.78 is 11.8. The molecule has 55 heavy (non-hydrogen) atoms. The van der Waals surface area contributed by atoms with Crippen molar-refractivity contribution in [3.8, 4) is 39.9 Å². The highest BCUT2D eigenvalue weighted by molar-refractivity contribution is 6.24. The molecule has 0 aliphatic heterocycles. The molecular formula is C49H29N5O. The van der Waals surface area contributed by atoms with Gasteiger partial charge in [0.1, 0.15) is 11.2 Å². The zero-order chi connectivity index (χ0) is 36.0. The lowest BCUT2D eigenvalue weighted by Crippen LogP contribution is -2.02. The Morgan fingerprint density at radius 3 is 1.78 bits per heavy atom. The first kappa shape index (κ1) is 29.9. The second-order valence-corrected chi connectivity index (χ2v) is 14.0. The van der Waals surface area contributed by atoms with Gasteiger partial charge in [0.05, 0.1) is 44.2 Å². The molecule has 0 saturated carbocycles. The minimum atomic E-state index is 0.550. The number of hydrogen-bond donors (Lipinski definition) is 0. The summed E-state index contributed by atoms with van der Waals surface area (Å²) >= 11 is 0. The second kappa shape index (κ2) is 11.5. The van der Waals surface area contributed by atoms with Crippen LogP contribution in [0.2, 0.25) is 0 Å². The monoisotopic (exact) mass is 703 g/mol. The summed E-state index contributed by atoms with van der Waals surface area (Å²) in [4.78, 5) is 15.2. The smallest absolute Gasteiger partial charge is 0.167 e. The van der Waals surface area contributed by atoms with Crippen molar-refractivity contribution in [2.75, 3.05) is 0 Å². The van der Waals surface area contributed by atoms with Crippen LogP contribution in [0.1, 0.15) is 0 Å². The Balaban J connectivity index is 1.23. The van der Waals surface area contributed by atoms with E-state index >= 15 is 0 Å². The van der Waals surface area contributed by atoms with Crippen LogP contribution in [0, 0.1) is 0 Å². The minimum absolute atomic E-state index is 0.550. The lowest BCUT2D eigenvalue weighted by molar-refractivity contribution is 0.669. The van der Waals surface area contributed by atoms with E-state index < -0.39 is 0 Å². The topological polar surface area (TPSA) is 61.2 Å². The molecule has 4 aromatic heterocycles. The Kier molecular flexibility index (Phi) is 6.24. The molecule has 0 amide bonds. The Bertz CT molecular complexity index is 3410. The van der Waals surface area contributed by atoms with Crippen LogP contribution in [-0.2, 0) is 0 Å². The Hall–Kier alpha value is -7.57. The Morgan fingerprint density at radius 2 is 1.02 bits per heavy atom. The summed E-state index contributed by atoms with van der Waals surface area (Å²) in [6.45, 7) is 0. The largest absolute Gasteiger partial charge is 0.455 e. The van der Waals surface area contributed by atoms with Crippen molar-refractivity contribution in [2.24, 2.45) is 0 Å². The molecule has 0 aliphatic carbocycles. The zero-order valence-electron chi connectivity index (χ0n) is 29.4. The molecule has 12 rings (SSSR count). The maximum absolute atomic E-state index is 6.88. The average molecular weight is 704 g/mol. The Morgan fingerprint density at radius 1 is 0.400 bits per heavy atom. The maximum Gasteiger partial charge on any atom is 0.167 e. The van der Waals surface area contributed by atoms with Crippen LogP contribution in [0.15, 0.2) is 180 Å². The number of fused-ring (bicyclic) bond motifs is 8. The molecule has 6 nitrogen and oxygen atoms in total. The molecule has 4 heterocycles. The van der Waals surface area contributed by atoms with E-state index in [9.17, 15) is 0 Å². The molecule has 256 valence electrons. The fourth-order valence-corrected chi connectivity index (χ4v) is 8.58. The van der Waals surface area contributed by atoms with Gasteiger partial charge in [-0.1, -0.05) is 133 Å². The summed E-state index contributed by atoms with van der Waals surface area (Å²) in [5.41, 5.74) is 10.8. The van der Waals surface area contributed by atoms with Crippen LogP contribution in [-0.4, -0.2) is 23.9 Å². The fourth-order valence-electron chi connectivity index (χ4n) is 8.58.